The Bertz CT molecular complexity index is 318. The van der Waals surface area contributed by atoms with Crippen LogP contribution in [0.25, 0.3) is 0 Å². The predicted molar refractivity (Wildman–Crippen MR) is 58.1 cm³/mol. The highest BCUT2D eigenvalue weighted by molar-refractivity contribution is 7.14. The van der Waals surface area contributed by atoms with Gasteiger partial charge in [0.15, 0.2) is 4.33 Å². The van der Waals surface area contributed by atoms with Gasteiger partial charge in [0.05, 0.1) is 10.0 Å². The number of carbonyl (C=O) groups excluding carboxylic acids is 1. The van der Waals surface area contributed by atoms with E-state index < -0.39 is 10.2 Å². The van der Waals surface area contributed by atoms with Gasteiger partial charge in [-0.2, -0.15) is 0 Å². The van der Waals surface area contributed by atoms with Crippen LogP contribution in [0.1, 0.15) is 6.92 Å². The van der Waals surface area contributed by atoms with E-state index in [1.807, 2.05) is 0 Å². The Hall–Kier alpha value is 0.0400. The van der Waals surface area contributed by atoms with E-state index in [9.17, 15) is 4.79 Å². The lowest BCUT2D eigenvalue weighted by molar-refractivity contribution is -0.116. The molecule has 0 bridgehead atoms. The summed E-state index contributed by atoms with van der Waals surface area (Å²) in [6.07, 6.45) is 0. The Morgan fingerprint density at radius 2 is 2.23 bits per heavy atom. The smallest absolute Gasteiger partial charge is 0.260 e. The summed E-state index contributed by atoms with van der Waals surface area (Å²) in [6.45, 7) is 1.40. The molecule has 0 saturated heterocycles. The molecular formula is C7H6Cl3NOS. The molecule has 0 fully saturated rings. The molecule has 0 radical (unpaired) electrons. The Balaban J connectivity index is 2.65. The largest absolute Gasteiger partial charge is 0.323 e. The Morgan fingerprint density at radius 3 is 2.62 bits per heavy atom. The second-order valence-electron chi connectivity index (χ2n) is 2.48. The van der Waals surface area contributed by atoms with Crippen molar-refractivity contribution in [1.29, 1.82) is 0 Å². The molecule has 1 N–H and O–H groups in total. The van der Waals surface area contributed by atoms with E-state index in [2.05, 4.69) is 5.32 Å². The molecule has 1 amide bonds. The van der Waals surface area contributed by atoms with Crippen molar-refractivity contribution >= 4 is 57.7 Å². The van der Waals surface area contributed by atoms with E-state index in [1.165, 1.54) is 18.3 Å². The first-order valence-electron chi connectivity index (χ1n) is 3.33. The minimum atomic E-state index is -1.42. The summed E-state index contributed by atoms with van der Waals surface area (Å²) in [7, 11) is 0. The molecule has 0 aliphatic rings. The topological polar surface area (TPSA) is 29.1 Å². The number of thiophene rings is 1. The van der Waals surface area contributed by atoms with Gasteiger partial charge < -0.3 is 5.32 Å². The highest BCUT2D eigenvalue weighted by Gasteiger charge is 2.27. The number of carbonyl (C=O) groups is 1. The molecule has 0 aromatic carbocycles. The van der Waals surface area contributed by atoms with Gasteiger partial charge in [0, 0.05) is 5.38 Å². The second kappa shape index (κ2) is 4.05. The normalized spacial score (nSPS) is 11.4. The fourth-order valence-corrected chi connectivity index (χ4v) is 1.52. The number of amides is 1. The summed E-state index contributed by atoms with van der Waals surface area (Å²) in [5.74, 6) is -0.467. The van der Waals surface area contributed by atoms with Crippen LogP contribution in [0, 0.1) is 0 Å². The lowest BCUT2D eigenvalue weighted by atomic mass is 10.4. The zero-order valence-corrected chi connectivity index (χ0v) is 9.69. The van der Waals surface area contributed by atoms with Gasteiger partial charge in [-0.05, 0) is 13.0 Å². The molecule has 72 valence electrons. The standard InChI is InChI=1S/C7H6Cl3NOS/c1-7(9,10)6(12)11-4-2-5(8)13-3-4/h2-3H,1H3,(H,11,12). The van der Waals surface area contributed by atoms with Crippen LogP contribution in [0.2, 0.25) is 4.34 Å². The molecule has 0 aliphatic carbocycles. The van der Waals surface area contributed by atoms with Crippen molar-refractivity contribution in [2.45, 2.75) is 11.3 Å². The number of anilines is 1. The van der Waals surface area contributed by atoms with Crippen molar-refractivity contribution in [3.63, 3.8) is 0 Å². The summed E-state index contributed by atoms with van der Waals surface area (Å²) in [4.78, 5) is 11.2. The molecule has 2 nitrogen and oxygen atoms in total. The highest BCUT2D eigenvalue weighted by Crippen LogP contribution is 2.26. The average Bonchev–Trinajstić information content (AvgIpc) is 2.33. The number of alkyl halides is 2. The van der Waals surface area contributed by atoms with Gasteiger partial charge in [0.1, 0.15) is 0 Å². The fraction of sp³-hybridized carbons (Fsp3) is 0.286. The molecule has 0 aliphatic heterocycles. The Labute approximate surface area is 94.8 Å². The van der Waals surface area contributed by atoms with Crippen LogP contribution in [-0.4, -0.2) is 10.2 Å². The van der Waals surface area contributed by atoms with Gasteiger partial charge in [-0.1, -0.05) is 34.8 Å². The first-order valence-corrected chi connectivity index (χ1v) is 5.34. The van der Waals surface area contributed by atoms with Crippen molar-refractivity contribution in [3.8, 4) is 0 Å². The molecule has 0 spiro atoms. The summed E-state index contributed by atoms with van der Waals surface area (Å²) < 4.78 is -0.824. The van der Waals surface area contributed by atoms with E-state index in [1.54, 1.807) is 11.4 Å². The van der Waals surface area contributed by atoms with E-state index in [0.717, 1.165) is 0 Å². The Morgan fingerprint density at radius 1 is 1.62 bits per heavy atom. The van der Waals surface area contributed by atoms with Gasteiger partial charge in [-0.3, -0.25) is 4.79 Å². The zero-order chi connectivity index (χ0) is 10.1. The molecule has 6 heteroatoms. The van der Waals surface area contributed by atoms with Crippen LogP contribution in [0.5, 0.6) is 0 Å². The van der Waals surface area contributed by atoms with Crippen LogP contribution in [0.15, 0.2) is 11.4 Å². The highest BCUT2D eigenvalue weighted by atomic mass is 35.5. The quantitative estimate of drug-likeness (QED) is 0.808. The van der Waals surface area contributed by atoms with E-state index in [4.69, 9.17) is 34.8 Å². The first kappa shape index (κ1) is 11.1. The van der Waals surface area contributed by atoms with Crippen LogP contribution < -0.4 is 5.32 Å². The summed E-state index contributed by atoms with van der Waals surface area (Å²) in [5.41, 5.74) is 0.604. The maximum Gasteiger partial charge on any atom is 0.260 e. The number of hydrogen-bond donors (Lipinski definition) is 1. The van der Waals surface area contributed by atoms with Crippen LogP contribution in [-0.2, 0) is 4.79 Å². The number of halogens is 3. The van der Waals surface area contributed by atoms with Gasteiger partial charge in [-0.15, -0.1) is 11.3 Å². The van der Waals surface area contributed by atoms with Gasteiger partial charge in [-0.25, -0.2) is 0 Å². The van der Waals surface area contributed by atoms with Gasteiger partial charge >= 0.3 is 0 Å². The van der Waals surface area contributed by atoms with Crippen LogP contribution in [0.3, 0.4) is 0 Å². The maximum atomic E-state index is 11.2. The summed E-state index contributed by atoms with van der Waals surface area (Å²) >= 11 is 18.1. The molecular weight excluding hydrogens is 253 g/mol. The van der Waals surface area contributed by atoms with E-state index >= 15 is 0 Å². The van der Waals surface area contributed by atoms with Crippen LogP contribution >= 0.6 is 46.1 Å². The fourth-order valence-electron chi connectivity index (χ4n) is 0.616. The van der Waals surface area contributed by atoms with Crippen molar-refractivity contribution in [2.75, 3.05) is 5.32 Å². The monoisotopic (exact) mass is 257 g/mol. The number of rotatable bonds is 2. The second-order valence-corrected chi connectivity index (χ2v) is 5.73. The van der Waals surface area contributed by atoms with Crippen LogP contribution in [0.4, 0.5) is 5.69 Å². The van der Waals surface area contributed by atoms with E-state index in [-0.39, 0.29) is 0 Å². The third-order valence-electron chi connectivity index (χ3n) is 1.22. The minimum Gasteiger partial charge on any atom is -0.323 e. The molecule has 13 heavy (non-hydrogen) atoms. The van der Waals surface area contributed by atoms with Gasteiger partial charge in [0.25, 0.3) is 5.91 Å². The first-order chi connectivity index (χ1) is 5.89. The van der Waals surface area contributed by atoms with E-state index in [0.29, 0.717) is 10.0 Å². The molecule has 0 unspecified atom stereocenters. The van der Waals surface area contributed by atoms with Crippen molar-refractivity contribution in [3.05, 3.63) is 15.8 Å². The summed E-state index contributed by atoms with van der Waals surface area (Å²) in [6, 6.07) is 1.63. The van der Waals surface area contributed by atoms with Crippen molar-refractivity contribution in [1.82, 2.24) is 0 Å². The van der Waals surface area contributed by atoms with Crippen molar-refractivity contribution < 1.29 is 4.79 Å². The van der Waals surface area contributed by atoms with Gasteiger partial charge in [0.2, 0.25) is 0 Å². The molecule has 1 rings (SSSR count). The third kappa shape index (κ3) is 3.35. The predicted octanol–water partition coefficient (Wildman–Crippen LogP) is 3.53. The molecule has 1 heterocycles. The molecule has 0 atom stereocenters. The van der Waals surface area contributed by atoms with Crippen molar-refractivity contribution in [2.24, 2.45) is 0 Å². The summed E-state index contributed by atoms with van der Waals surface area (Å²) in [5, 5.41) is 4.23. The molecule has 0 saturated carbocycles. The molecule has 1 aromatic heterocycles. The third-order valence-corrected chi connectivity index (χ3v) is 2.66. The lowest BCUT2D eigenvalue weighted by Gasteiger charge is -2.11. The molecule has 1 aromatic rings. The number of hydrogen-bond acceptors (Lipinski definition) is 2. The lowest BCUT2D eigenvalue weighted by Crippen LogP contribution is -2.28. The minimum absolute atomic E-state index is 0.467. The zero-order valence-electron chi connectivity index (χ0n) is 6.61. The SMILES string of the molecule is CC(Cl)(Cl)C(=O)Nc1csc(Cl)c1. The number of nitrogens with one attached hydrogen (secondary N) is 1. The maximum absolute atomic E-state index is 11.2. The Kier molecular flexibility index (Phi) is 3.46. The average molecular weight is 259 g/mol.